The van der Waals surface area contributed by atoms with Crippen LogP contribution in [-0.4, -0.2) is 72.6 Å². The minimum Gasteiger partial charge on any atom is -0.504 e. The van der Waals surface area contributed by atoms with Crippen LogP contribution in [0.3, 0.4) is 0 Å². The van der Waals surface area contributed by atoms with Gasteiger partial charge in [0.15, 0.2) is 11.5 Å². The summed E-state index contributed by atoms with van der Waals surface area (Å²) in [6.45, 7) is 17.9. The van der Waals surface area contributed by atoms with Crippen molar-refractivity contribution >= 4 is 0 Å². The Bertz CT molecular complexity index is 482. The Morgan fingerprint density at radius 3 is 1.37 bits per heavy atom. The molecule has 0 spiro atoms. The lowest BCUT2D eigenvalue weighted by Gasteiger charge is -2.28. The van der Waals surface area contributed by atoms with Gasteiger partial charge in [0, 0.05) is 50.4 Å². The van der Waals surface area contributed by atoms with E-state index in [-0.39, 0.29) is 11.5 Å². The molecule has 1 aromatic rings. The summed E-state index contributed by atoms with van der Waals surface area (Å²) < 4.78 is 10.7. The topological polar surface area (TPSA) is 65.4 Å². The van der Waals surface area contributed by atoms with Gasteiger partial charge in [-0.2, -0.15) is 0 Å². The zero-order valence-electron chi connectivity index (χ0n) is 17.0. The number of phenolic OH excluding ortho intramolecular Hbond substituents is 2. The molecule has 0 amide bonds. The molecule has 2 N–H and O–H groups in total. The first-order valence-electron chi connectivity index (χ1n) is 9.78. The molecule has 27 heavy (non-hydrogen) atoms. The summed E-state index contributed by atoms with van der Waals surface area (Å²) >= 11 is 0. The number of hydrogen-bond donors (Lipinski definition) is 2. The third-order valence-corrected chi connectivity index (χ3v) is 4.31. The lowest BCUT2D eigenvalue weighted by molar-refractivity contribution is 0.0331. The highest BCUT2D eigenvalue weighted by Gasteiger charge is 2.18. The monoisotopic (exact) mass is 380 g/mol. The summed E-state index contributed by atoms with van der Waals surface area (Å²) in [6.07, 6.45) is 1.25. The van der Waals surface area contributed by atoms with Crippen molar-refractivity contribution < 1.29 is 19.7 Å². The van der Waals surface area contributed by atoms with Gasteiger partial charge in [0.2, 0.25) is 0 Å². The van der Waals surface area contributed by atoms with Crippen LogP contribution in [0.5, 0.6) is 11.5 Å². The number of nitrogens with zero attached hydrogens (tertiary/aromatic N) is 2. The number of morpholine rings is 2. The molecule has 0 unspecified atom stereocenters. The second-order valence-corrected chi connectivity index (χ2v) is 6.57. The molecule has 2 saturated heterocycles. The molecule has 0 saturated carbocycles. The number of hydrogen-bond acceptors (Lipinski definition) is 6. The first-order chi connectivity index (χ1) is 13.2. The molecule has 0 aliphatic carbocycles. The molecule has 2 fully saturated rings. The molecule has 0 radical (unpaired) electrons. The van der Waals surface area contributed by atoms with Gasteiger partial charge in [-0.25, -0.2) is 0 Å². The SMILES string of the molecule is C=C.CCC.Oc1c(CN2CCOCC2)ccc(CN2CCOCC2)c1O. The second-order valence-electron chi connectivity index (χ2n) is 6.57. The van der Waals surface area contributed by atoms with Crippen LogP contribution in [0.1, 0.15) is 31.4 Å². The van der Waals surface area contributed by atoms with Crippen molar-refractivity contribution in [3.63, 3.8) is 0 Å². The van der Waals surface area contributed by atoms with E-state index in [1.807, 2.05) is 12.1 Å². The lowest BCUT2D eigenvalue weighted by Crippen LogP contribution is -2.36. The highest BCUT2D eigenvalue weighted by atomic mass is 16.5. The van der Waals surface area contributed by atoms with E-state index < -0.39 is 0 Å². The minimum absolute atomic E-state index is 0.0113. The average Bonchev–Trinajstić information content (AvgIpc) is 2.71. The van der Waals surface area contributed by atoms with Crippen LogP contribution in [-0.2, 0) is 22.6 Å². The molecule has 0 aromatic heterocycles. The standard InChI is InChI=1S/C16H24N2O4.C3H8.C2H4/c19-15-13(11-17-3-7-21-8-4-17)1-2-14(16(15)20)12-18-5-9-22-10-6-18;1-3-2;1-2/h1-2,19-20H,3-12H2;3H2,1-2H3;1-2H2. The van der Waals surface area contributed by atoms with E-state index in [2.05, 4.69) is 36.8 Å². The zero-order chi connectivity index (χ0) is 20.1. The van der Waals surface area contributed by atoms with E-state index in [0.29, 0.717) is 13.1 Å². The van der Waals surface area contributed by atoms with Gasteiger partial charge in [-0.1, -0.05) is 32.4 Å². The highest BCUT2D eigenvalue weighted by molar-refractivity contribution is 5.50. The van der Waals surface area contributed by atoms with Crippen molar-refractivity contribution in [3.8, 4) is 11.5 Å². The summed E-state index contributed by atoms with van der Waals surface area (Å²) in [4.78, 5) is 4.44. The molecular weight excluding hydrogens is 344 g/mol. The molecule has 1 aromatic carbocycles. The molecular formula is C21H36N2O4. The van der Waals surface area contributed by atoms with E-state index in [9.17, 15) is 10.2 Å². The minimum atomic E-state index is 0.0113. The summed E-state index contributed by atoms with van der Waals surface area (Å²) in [5.41, 5.74) is 1.54. The maximum Gasteiger partial charge on any atom is 0.162 e. The maximum absolute atomic E-state index is 10.3. The maximum atomic E-state index is 10.3. The van der Waals surface area contributed by atoms with Crippen LogP contribution < -0.4 is 0 Å². The van der Waals surface area contributed by atoms with Gasteiger partial charge in [0.1, 0.15) is 0 Å². The van der Waals surface area contributed by atoms with Crippen molar-refractivity contribution in [1.82, 2.24) is 9.80 Å². The third-order valence-electron chi connectivity index (χ3n) is 4.31. The smallest absolute Gasteiger partial charge is 0.162 e. The predicted octanol–water partition coefficient (Wildman–Crippen LogP) is 2.98. The van der Waals surface area contributed by atoms with E-state index in [1.54, 1.807) is 0 Å². The first kappa shape index (κ1) is 23.4. The third kappa shape index (κ3) is 7.89. The number of phenols is 2. The van der Waals surface area contributed by atoms with Crippen molar-refractivity contribution in [1.29, 1.82) is 0 Å². The molecule has 2 aliphatic rings. The zero-order valence-corrected chi connectivity index (χ0v) is 17.0. The molecule has 0 bridgehead atoms. The van der Waals surface area contributed by atoms with Gasteiger partial charge in [-0.3, -0.25) is 9.80 Å². The fourth-order valence-electron chi connectivity index (χ4n) is 2.92. The average molecular weight is 381 g/mol. The molecule has 2 heterocycles. The molecule has 3 rings (SSSR count). The van der Waals surface area contributed by atoms with Crippen molar-refractivity contribution in [2.45, 2.75) is 33.4 Å². The Morgan fingerprint density at radius 1 is 0.778 bits per heavy atom. The Kier molecular flexibility index (Phi) is 11.8. The van der Waals surface area contributed by atoms with Gasteiger partial charge in [0.25, 0.3) is 0 Å². The number of aromatic hydroxyl groups is 2. The normalized spacial score (nSPS) is 18.0. The number of benzene rings is 1. The van der Waals surface area contributed by atoms with Crippen LogP contribution in [0.2, 0.25) is 0 Å². The van der Waals surface area contributed by atoms with Crippen molar-refractivity contribution in [2.24, 2.45) is 0 Å². The Morgan fingerprint density at radius 2 is 1.07 bits per heavy atom. The van der Waals surface area contributed by atoms with Gasteiger partial charge in [-0.05, 0) is 0 Å². The van der Waals surface area contributed by atoms with Gasteiger partial charge < -0.3 is 19.7 Å². The highest BCUT2D eigenvalue weighted by Crippen LogP contribution is 2.34. The largest absolute Gasteiger partial charge is 0.504 e. The predicted molar refractivity (Wildman–Crippen MR) is 109 cm³/mol. The Balaban J connectivity index is 0.000000665. The molecule has 6 nitrogen and oxygen atoms in total. The van der Waals surface area contributed by atoms with Gasteiger partial charge in [0.05, 0.1) is 26.4 Å². The first-order valence-corrected chi connectivity index (χ1v) is 9.78. The molecule has 6 heteroatoms. The van der Waals surface area contributed by atoms with E-state index >= 15 is 0 Å². The second kappa shape index (κ2) is 13.6. The van der Waals surface area contributed by atoms with Crippen molar-refractivity contribution in [3.05, 3.63) is 36.4 Å². The van der Waals surface area contributed by atoms with Crippen LogP contribution >= 0.6 is 0 Å². The molecule has 154 valence electrons. The molecule has 0 atom stereocenters. The number of rotatable bonds is 4. The Hall–Kier alpha value is -1.60. The summed E-state index contributed by atoms with van der Waals surface area (Å²) in [7, 11) is 0. The van der Waals surface area contributed by atoms with E-state index in [1.165, 1.54) is 6.42 Å². The summed E-state index contributed by atoms with van der Waals surface area (Å²) in [6, 6.07) is 3.83. The van der Waals surface area contributed by atoms with E-state index in [0.717, 1.165) is 63.7 Å². The fourth-order valence-corrected chi connectivity index (χ4v) is 2.92. The van der Waals surface area contributed by atoms with Crippen LogP contribution in [0.4, 0.5) is 0 Å². The van der Waals surface area contributed by atoms with Gasteiger partial charge >= 0.3 is 0 Å². The van der Waals surface area contributed by atoms with E-state index in [4.69, 9.17) is 9.47 Å². The number of ether oxygens (including phenoxy) is 2. The van der Waals surface area contributed by atoms with Crippen LogP contribution in [0, 0.1) is 0 Å². The Labute approximate surface area is 164 Å². The molecule has 2 aliphatic heterocycles. The quantitative estimate of drug-likeness (QED) is 0.618. The summed E-state index contributed by atoms with van der Waals surface area (Å²) in [5.74, 6) is 0.0227. The van der Waals surface area contributed by atoms with Crippen LogP contribution in [0.15, 0.2) is 25.3 Å². The van der Waals surface area contributed by atoms with Gasteiger partial charge in [-0.15, -0.1) is 13.2 Å². The van der Waals surface area contributed by atoms with Crippen molar-refractivity contribution in [2.75, 3.05) is 52.6 Å². The van der Waals surface area contributed by atoms with Crippen LogP contribution in [0.25, 0.3) is 0 Å². The lowest BCUT2D eigenvalue weighted by atomic mass is 10.1. The fraction of sp³-hybridized carbons (Fsp3) is 0.619. The summed E-state index contributed by atoms with van der Waals surface area (Å²) in [5, 5.41) is 20.6.